The predicted molar refractivity (Wildman–Crippen MR) is 90.9 cm³/mol. The van der Waals surface area contributed by atoms with Crippen LogP contribution in [0.25, 0.3) is 0 Å². The third kappa shape index (κ3) is 5.04. The Labute approximate surface area is 140 Å². The van der Waals surface area contributed by atoms with E-state index in [1.54, 1.807) is 13.0 Å². The van der Waals surface area contributed by atoms with Crippen molar-refractivity contribution < 1.29 is 14.6 Å². The summed E-state index contributed by atoms with van der Waals surface area (Å²) in [6.45, 7) is 3.72. The molecule has 0 spiro atoms. The Morgan fingerprint density at radius 2 is 1.96 bits per heavy atom. The largest absolute Gasteiger partial charge is 0.389 e. The molecule has 2 atom stereocenters. The SMILES string of the molecule is Cc1ccc(C(=O)NCC(O)COC(C)c2ccccc2)c(=O)[nH]1. The van der Waals surface area contributed by atoms with Crippen LogP contribution in [0.1, 0.15) is 34.6 Å². The molecule has 3 N–H and O–H groups in total. The molecule has 0 fully saturated rings. The highest BCUT2D eigenvalue weighted by Crippen LogP contribution is 2.15. The smallest absolute Gasteiger partial charge is 0.260 e. The second-order valence-electron chi connectivity index (χ2n) is 5.63. The number of aryl methyl sites for hydroxylation is 1. The van der Waals surface area contributed by atoms with Gasteiger partial charge in [0.15, 0.2) is 0 Å². The van der Waals surface area contributed by atoms with Crippen molar-refractivity contribution in [3.05, 3.63) is 69.6 Å². The molecule has 0 radical (unpaired) electrons. The number of hydrogen-bond donors (Lipinski definition) is 3. The van der Waals surface area contributed by atoms with Crippen molar-refractivity contribution in [3.8, 4) is 0 Å². The maximum atomic E-state index is 12.0. The summed E-state index contributed by atoms with van der Waals surface area (Å²) in [5, 5.41) is 12.5. The summed E-state index contributed by atoms with van der Waals surface area (Å²) >= 11 is 0. The molecule has 2 aromatic rings. The first kappa shape index (κ1) is 17.9. The van der Waals surface area contributed by atoms with Crippen LogP contribution < -0.4 is 10.9 Å². The van der Waals surface area contributed by atoms with Crippen molar-refractivity contribution in [3.63, 3.8) is 0 Å². The van der Waals surface area contributed by atoms with Gasteiger partial charge in [0.1, 0.15) is 5.56 Å². The van der Waals surface area contributed by atoms with E-state index in [1.165, 1.54) is 6.07 Å². The van der Waals surface area contributed by atoms with Gasteiger partial charge in [-0.3, -0.25) is 9.59 Å². The molecule has 0 saturated heterocycles. The van der Waals surface area contributed by atoms with Gasteiger partial charge >= 0.3 is 0 Å². The third-order valence-corrected chi connectivity index (χ3v) is 3.61. The van der Waals surface area contributed by atoms with Gasteiger partial charge in [0.05, 0.1) is 18.8 Å². The van der Waals surface area contributed by atoms with Gasteiger partial charge in [-0.05, 0) is 31.5 Å². The average Bonchev–Trinajstić information content (AvgIpc) is 2.58. The van der Waals surface area contributed by atoms with E-state index in [-0.39, 0.29) is 24.8 Å². The Morgan fingerprint density at radius 3 is 2.62 bits per heavy atom. The van der Waals surface area contributed by atoms with Crippen molar-refractivity contribution in [1.82, 2.24) is 10.3 Å². The minimum absolute atomic E-state index is 0.00760. The number of carbonyl (C=O) groups is 1. The molecular formula is C18H22N2O4. The zero-order valence-electron chi connectivity index (χ0n) is 13.8. The number of aromatic amines is 1. The quantitative estimate of drug-likeness (QED) is 0.718. The number of ether oxygens (including phenoxy) is 1. The molecule has 1 heterocycles. The molecule has 2 rings (SSSR count). The molecule has 1 amide bonds. The second-order valence-corrected chi connectivity index (χ2v) is 5.63. The predicted octanol–water partition coefficient (Wildman–Crippen LogP) is 1.55. The molecule has 0 aliphatic carbocycles. The number of benzene rings is 1. The summed E-state index contributed by atoms with van der Waals surface area (Å²) in [4.78, 5) is 26.2. The summed E-state index contributed by atoms with van der Waals surface area (Å²) in [5.74, 6) is -0.522. The fourth-order valence-electron chi connectivity index (χ4n) is 2.19. The lowest BCUT2D eigenvalue weighted by Crippen LogP contribution is -2.37. The summed E-state index contributed by atoms with van der Waals surface area (Å²) < 4.78 is 5.60. The molecule has 2 unspecified atom stereocenters. The Kier molecular flexibility index (Phi) is 6.28. The van der Waals surface area contributed by atoms with E-state index in [0.717, 1.165) is 5.56 Å². The van der Waals surface area contributed by atoms with Gasteiger partial charge in [0.25, 0.3) is 11.5 Å². The first-order valence-electron chi connectivity index (χ1n) is 7.80. The van der Waals surface area contributed by atoms with Crippen molar-refractivity contribution in [2.75, 3.05) is 13.2 Å². The van der Waals surface area contributed by atoms with Crippen LogP contribution in [0.4, 0.5) is 0 Å². The minimum atomic E-state index is -0.857. The van der Waals surface area contributed by atoms with Gasteiger partial charge < -0.3 is 20.1 Å². The fraction of sp³-hybridized carbons (Fsp3) is 0.333. The monoisotopic (exact) mass is 330 g/mol. The van der Waals surface area contributed by atoms with Crippen molar-refractivity contribution in [2.45, 2.75) is 26.1 Å². The zero-order valence-corrected chi connectivity index (χ0v) is 13.8. The highest BCUT2D eigenvalue weighted by atomic mass is 16.5. The third-order valence-electron chi connectivity index (χ3n) is 3.61. The lowest BCUT2D eigenvalue weighted by Gasteiger charge is -2.17. The Balaban J connectivity index is 1.79. The van der Waals surface area contributed by atoms with E-state index in [9.17, 15) is 14.7 Å². The first-order valence-corrected chi connectivity index (χ1v) is 7.80. The van der Waals surface area contributed by atoms with Crippen molar-refractivity contribution >= 4 is 5.91 Å². The maximum absolute atomic E-state index is 12.0. The number of nitrogens with one attached hydrogen (secondary N) is 2. The molecule has 6 heteroatoms. The molecule has 0 aliphatic rings. The maximum Gasteiger partial charge on any atom is 0.260 e. The summed E-state index contributed by atoms with van der Waals surface area (Å²) in [5.41, 5.74) is 1.27. The number of pyridine rings is 1. The van der Waals surface area contributed by atoms with E-state index >= 15 is 0 Å². The molecule has 0 saturated carbocycles. The van der Waals surface area contributed by atoms with Gasteiger partial charge in [-0.15, -0.1) is 0 Å². The number of rotatable bonds is 7. The van der Waals surface area contributed by atoms with Gasteiger partial charge in [0, 0.05) is 12.2 Å². The number of aliphatic hydroxyl groups is 1. The van der Waals surface area contributed by atoms with Gasteiger partial charge in [-0.2, -0.15) is 0 Å². The van der Waals surface area contributed by atoms with Crippen LogP contribution in [-0.2, 0) is 4.74 Å². The Morgan fingerprint density at radius 1 is 1.25 bits per heavy atom. The van der Waals surface area contributed by atoms with E-state index in [2.05, 4.69) is 10.3 Å². The molecule has 1 aromatic heterocycles. The number of hydrogen-bond acceptors (Lipinski definition) is 4. The second kappa shape index (κ2) is 8.42. The number of carbonyl (C=O) groups excluding carboxylic acids is 1. The normalized spacial score (nSPS) is 13.3. The average molecular weight is 330 g/mol. The van der Waals surface area contributed by atoms with Gasteiger partial charge in [0.2, 0.25) is 0 Å². The van der Waals surface area contributed by atoms with Crippen LogP contribution in [0.15, 0.2) is 47.3 Å². The molecule has 24 heavy (non-hydrogen) atoms. The summed E-state index contributed by atoms with van der Waals surface area (Å²) in [6, 6.07) is 12.8. The molecule has 0 aliphatic heterocycles. The van der Waals surface area contributed by atoms with Crippen LogP contribution in [0.3, 0.4) is 0 Å². The standard InChI is InChI=1S/C18H22N2O4/c1-12-8-9-16(18(23)20-12)17(22)19-10-15(21)11-24-13(2)14-6-4-3-5-7-14/h3-9,13,15,21H,10-11H2,1-2H3,(H,19,22)(H,20,23). The van der Waals surface area contributed by atoms with Gasteiger partial charge in [-0.1, -0.05) is 30.3 Å². The van der Waals surface area contributed by atoms with Crippen LogP contribution in [0, 0.1) is 6.92 Å². The number of amides is 1. The van der Waals surface area contributed by atoms with E-state index in [0.29, 0.717) is 5.69 Å². The first-order chi connectivity index (χ1) is 11.5. The lowest BCUT2D eigenvalue weighted by atomic mass is 10.1. The highest BCUT2D eigenvalue weighted by molar-refractivity contribution is 5.93. The van der Waals surface area contributed by atoms with E-state index < -0.39 is 17.6 Å². The van der Waals surface area contributed by atoms with Crippen LogP contribution >= 0.6 is 0 Å². The van der Waals surface area contributed by atoms with E-state index in [4.69, 9.17) is 4.74 Å². The lowest BCUT2D eigenvalue weighted by molar-refractivity contribution is -0.00171. The van der Waals surface area contributed by atoms with Crippen LogP contribution in [-0.4, -0.2) is 35.3 Å². The number of aromatic nitrogens is 1. The van der Waals surface area contributed by atoms with Crippen molar-refractivity contribution in [2.24, 2.45) is 0 Å². The molecule has 6 nitrogen and oxygen atoms in total. The zero-order chi connectivity index (χ0) is 17.5. The van der Waals surface area contributed by atoms with Crippen LogP contribution in [0.5, 0.6) is 0 Å². The Hall–Kier alpha value is -2.44. The number of H-pyrrole nitrogens is 1. The summed E-state index contributed by atoms with van der Waals surface area (Å²) in [7, 11) is 0. The van der Waals surface area contributed by atoms with E-state index in [1.807, 2.05) is 37.3 Å². The molecule has 1 aromatic carbocycles. The molecular weight excluding hydrogens is 308 g/mol. The van der Waals surface area contributed by atoms with Crippen molar-refractivity contribution in [1.29, 1.82) is 0 Å². The minimum Gasteiger partial charge on any atom is -0.389 e. The topological polar surface area (TPSA) is 91.4 Å². The molecule has 128 valence electrons. The Bertz CT molecular complexity index is 727. The number of aliphatic hydroxyl groups excluding tert-OH is 1. The summed E-state index contributed by atoms with van der Waals surface area (Å²) in [6.07, 6.45) is -1.01. The highest BCUT2D eigenvalue weighted by Gasteiger charge is 2.14. The van der Waals surface area contributed by atoms with Gasteiger partial charge in [-0.25, -0.2) is 0 Å². The van der Waals surface area contributed by atoms with Crippen LogP contribution in [0.2, 0.25) is 0 Å². The molecule has 0 bridgehead atoms. The fourth-order valence-corrected chi connectivity index (χ4v) is 2.19.